The largest absolute Gasteiger partial charge is 0.439 e. The summed E-state index contributed by atoms with van der Waals surface area (Å²) in [4.78, 5) is 4.22. The van der Waals surface area contributed by atoms with Crippen molar-refractivity contribution in [3.8, 4) is 11.6 Å². The lowest BCUT2D eigenvalue weighted by atomic mass is 10.2. The second-order valence-electron chi connectivity index (χ2n) is 3.79. The van der Waals surface area contributed by atoms with Crippen LogP contribution in [0.5, 0.6) is 11.6 Å². The zero-order valence-electron chi connectivity index (χ0n) is 9.65. The first-order valence-electron chi connectivity index (χ1n) is 5.30. The van der Waals surface area contributed by atoms with Crippen LogP contribution in [-0.2, 0) is 6.61 Å². The van der Waals surface area contributed by atoms with E-state index in [-0.39, 0.29) is 6.61 Å². The monoisotopic (exact) mass is 283 g/mol. The Morgan fingerprint density at radius 3 is 2.61 bits per heavy atom. The van der Waals surface area contributed by atoms with Crippen molar-refractivity contribution in [1.82, 2.24) is 4.98 Å². The van der Waals surface area contributed by atoms with Crippen LogP contribution in [-0.4, -0.2) is 10.1 Å². The number of aryl methyl sites for hydroxylation is 1. The van der Waals surface area contributed by atoms with Gasteiger partial charge in [0, 0.05) is 17.8 Å². The van der Waals surface area contributed by atoms with Crippen molar-refractivity contribution in [2.24, 2.45) is 0 Å². The fourth-order valence-electron chi connectivity index (χ4n) is 1.51. The molecule has 1 N–H and O–H groups in total. The fraction of sp³-hybridized carbons (Fsp3) is 0.154. The summed E-state index contributed by atoms with van der Waals surface area (Å²) in [7, 11) is 0. The van der Waals surface area contributed by atoms with Gasteiger partial charge < -0.3 is 9.84 Å². The van der Waals surface area contributed by atoms with Gasteiger partial charge in [0.05, 0.1) is 16.7 Å². The van der Waals surface area contributed by atoms with E-state index in [9.17, 15) is 0 Å². The third-order valence-electron chi connectivity index (χ3n) is 2.29. The normalized spacial score (nSPS) is 10.4. The van der Waals surface area contributed by atoms with E-state index >= 15 is 0 Å². The Kier molecular flexibility index (Phi) is 4.07. The molecule has 0 fully saturated rings. The Morgan fingerprint density at radius 1 is 1.17 bits per heavy atom. The van der Waals surface area contributed by atoms with Gasteiger partial charge in [-0.1, -0.05) is 23.2 Å². The smallest absolute Gasteiger partial charge is 0.219 e. The Bertz CT molecular complexity index is 573. The predicted octanol–water partition coefficient (Wildman–Crippen LogP) is 3.98. The molecule has 3 nitrogen and oxygen atoms in total. The number of aliphatic hydroxyl groups excluding tert-OH is 1. The molecule has 94 valence electrons. The third-order valence-corrected chi connectivity index (χ3v) is 3.02. The summed E-state index contributed by atoms with van der Waals surface area (Å²) in [5.74, 6) is 0.962. The Labute approximate surface area is 115 Å². The van der Waals surface area contributed by atoms with Crippen molar-refractivity contribution in [2.75, 3.05) is 0 Å². The van der Waals surface area contributed by atoms with Crippen molar-refractivity contribution in [3.05, 3.63) is 51.6 Å². The molecule has 0 atom stereocenters. The summed E-state index contributed by atoms with van der Waals surface area (Å²) < 4.78 is 5.57. The van der Waals surface area contributed by atoms with E-state index in [0.717, 1.165) is 11.3 Å². The molecule has 0 aliphatic heterocycles. The van der Waals surface area contributed by atoms with Crippen LogP contribution in [0.3, 0.4) is 0 Å². The van der Waals surface area contributed by atoms with Gasteiger partial charge in [-0.05, 0) is 30.7 Å². The number of aromatic nitrogens is 1. The van der Waals surface area contributed by atoms with Crippen molar-refractivity contribution < 1.29 is 9.84 Å². The predicted molar refractivity (Wildman–Crippen MR) is 71.4 cm³/mol. The second-order valence-corrected chi connectivity index (χ2v) is 4.61. The number of ether oxygens (including phenoxy) is 1. The number of hydrogen-bond donors (Lipinski definition) is 1. The molecule has 0 amide bonds. The van der Waals surface area contributed by atoms with Crippen LogP contribution in [0.25, 0.3) is 0 Å². The van der Waals surface area contributed by atoms with E-state index < -0.39 is 0 Å². The van der Waals surface area contributed by atoms with Gasteiger partial charge in [0.25, 0.3) is 0 Å². The fourth-order valence-corrected chi connectivity index (χ4v) is 1.80. The van der Waals surface area contributed by atoms with Gasteiger partial charge in [0.1, 0.15) is 5.75 Å². The molecule has 0 bridgehead atoms. The molecule has 0 saturated heterocycles. The molecule has 0 aliphatic carbocycles. The minimum absolute atomic E-state index is 0.0545. The van der Waals surface area contributed by atoms with Gasteiger partial charge in [-0.15, -0.1) is 0 Å². The lowest BCUT2D eigenvalue weighted by Crippen LogP contribution is -1.93. The molecular formula is C13H11Cl2NO2. The van der Waals surface area contributed by atoms with Crippen molar-refractivity contribution in [3.63, 3.8) is 0 Å². The molecule has 1 aromatic carbocycles. The summed E-state index contributed by atoms with van der Waals surface area (Å²) in [5, 5.41) is 10.0. The van der Waals surface area contributed by atoms with Gasteiger partial charge in [-0.2, -0.15) is 0 Å². The maximum atomic E-state index is 9.11. The average Bonchev–Trinajstić information content (AvgIpc) is 2.33. The van der Waals surface area contributed by atoms with Gasteiger partial charge in [-0.25, -0.2) is 4.98 Å². The molecule has 1 heterocycles. The summed E-state index contributed by atoms with van der Waals surface area (Å²) in [6, 6.07) is 8.45. The molecule has 0 radical (unpaired) electrons. The van der Waals surface area contributed by atoms with Gasteiger partial charge in [0.2, 0.25) is 5.88 Å². The SMILES string of the molecule is Cc1cc(CO)cc(Oc2ccc(Cl)c(Cl)c2)n1. The first kappa shape index (κ1) is 13.1. The highest BCUT2D eigenvalue weighted by atomic mass is 35.5. The standard InChI is InChI=1S/C13H11Cl2NO2/c1-8-4-9(7-17)5-13(16-8)18-10-2-3-11(14)12(15)6-10/h2-6,17H,7H2,1H3. The van der Waals surface area contributed by atoms with Crippen LogP contribution in [0.4, 0.5) is 0 Å². The summed E-state index contributed by atoms with van der Waals surface area (Å²) in [5.41, 5.74) is 1.52. The highest BCUT2D eigenvalue weighted by Gasteiger charge is 2.05. The summed E-state index contributed by atoms with van der Waals surface area (Å²) >= 11 is 11.7. The number of halogens is 2. The Morgan fingerprint density at radius 2 is 1.94 bits per heavy atom. The number of rotatable bonds is 3. The number of nitrogens with zero attached hydrogens (tertiary/aromatic N) is 1. The van der Waals surface area contributed by atoms with Crippen molar-refractivity contribution >= 4 is 23.2 Å². The maximum Gasteiger partial charge on any atom is 0.219 e. The van der Waals surface area contributed by atoms with Gasteiger partial charge in [-0.3, -0.25) is 0 Å². The van der Waals surface area contributed by atoms with Crippen molar-refractivity contribution in [2.45, 2.75) is 13.5 Å². The minimum Gasteiger partial charge on any atom is -0.439 e. The molecule has 0 aliphatic rings. The van der Waals surface area contributed by atoms with E-state index in [1.807, 2.05) is 6.92 Å². The molecule has 0 unspecified atom stereocenters. The summed E-state index contributed by atoms with van der Waals surface area (Å²) in [6.07, 6.45) is 0. The maximum absolute atomic E-state index is 9.11. The van der Waals surface area contributed by atoms with Crippen LogP contribution >= 0.6 is 23.2 Å². The summed E-state index contributed by atoms with van der Waals surface area (Å²) in [6.45, 7) is 1.78. The van der Waals surface area contributed by atoms with E-state index in [1.54, 1.807) is 30.3 Å². The molecule has 18 heavy (non-hydrogen) atoms. The minimum atomic E-state index is -0.0545. The van der Waals surface area contributed by atoms with Crippen LogP contribution in [0.1, 0.15) is 11.3 Å². The van der Waals surface area contributed by atoms with Crippen LogP contribution < -0.4 is 4.74 Å². The molecular weight excluding hydrogens is 273 g/mol. The quantitative estimate of drug-likeness (QED) is 0.926. The Balaban J connectivity index is 2.27. The van der Waals surface area contributed by atoms with Crippen molar-refractivity contribution in [1.29, 1.82) is 0 Å². The van der Waals surface area contributed by atoms with Crippen LogP contribution in [0.2, 0.25) is 10.0 Å². The zero-order valence-corrected chi connectivity index (χ0v) is 11.2. The van der Waals surface area contributed by atoms with Gasteiger partial charge in [0.15, 0.2) is 0 Å². The highest BCUT2D eigenvalue weighted by molar-refractivity contribution is 6.42. The molecule has 5 heteroatoms. The molecule has 2 aromatic rings. The third kappa shape index (κ3) is 3.13. The first-order valence-corrected chi connectivity index (χ1v) is 6.05. The van der Waals surface area contributed by atoms with E-state index in [0.29, 0.717) is 21.7 Å². The number of hydrogen-bond acceptors (Lipinski definition) is 3. The van der Waals surface area contributed by atoms with Crippen LogP contribution in [0, 0.1) is 6.92 Å². The highest BCUT2D eigenvalue weighted by Crippen LogP contribution is 2.29. The Hall–Kier alpha value is -1.29. The second kappa shape index (κ2) is 5.57. The van der Waals surface area contributed by atoms with Crippen LogP contribution in [0.15, 0.2) is 30.3 Å². The van der Waals surface area contributed by atoms with E-state index in [4.69, 9.17) is 33.0 Å². The lowest BCUT2D eigenvalue weighted by molar-refractivity contribution is 0.281. The first-order chi connectivity index (χ1) is 8.58. The molecule has 0 spiro atoms. The molecule has 1 aromatic heterocycles. The molecule has 2 rings (SSSR count). The number of aliphatic hydroxyl groups is 1. The van der Waals surface area contributed by atoms with E-state index in [1.165, 1.54) is 0 Å². The zero-order chi connectivity index (χ0) is 13.1. The average molecular weight is 284 g/mol. The molecule has 0 saturated carbocycles. The lowest BCUT2D eigenvalue weighted by Gasteiger charge is -2.08. The van der Waals surface area contributed by atoms with Gasteiger partial charge >= 0.3 is 0 Å². The number of benzene rings is 1. The van der Waals surface area contributed by atoms with E-state index in [2.05, 4.69) is 4.98 Å². The topological polar surface area (TPSA) is 42.4 Å². The number of pyridine rings is 1.